The van der Waals surface area contributed by atoms with Gasteiger partial charge in [-0.25, -0.2) is 0 Å². The molecule has 35 heavy (non-hydrogen) atoms. The van der Waals surface area contributed by atoms with Gasteiger partial charge < -0.3 is 33.2 Å². The maximum absolute atomic E-state index is 12.8. The number of hydrogen-bond acceptors (Lipinski definition) is 8. The molecule has 8 heteroatoms. The second kappa shape index (κ2) is 10.1. The summed E-state index contributed by atoms with van der Waals surface area (Å²) in [6.45, 7) is 8.57. The minimum Gasteiger partial charge on any atom is -0.378 e. The van der Waals surface area contributed by atoms with Gasteiger partial charge in [0.1, 0.15) is 24.1 Å². The van der Waals surface area contributed by atoms with Crippen LogP contribution in [0.5, 0.6) is 0 Å². The smallest absolute Gasteiger partial charge is 0.171 e. The van der Waals surface area contributed by atoms with Crippen molar-refractivity contribution < 1.29 is 38.0 Å². The van der Waals surface area contributed by atoms with Crippen LogP contribution in [0.2, 0.25) is 0 Å². The number of rotatable bonds is 7. The molecular weight excluding hydrogens is 452 g/mol. The molecule has 6 aliphatic heterocycles. The molecule has 0 aromatic rings. The van der Waals surface area contributed by atoms with Crippen LogP contribution in [0.15, 0.2) is 12.2 Å². The maximum atomic E-state index is 12.8. The highest BCUT2D eigenvalue weighted by Crippen LogP contribution is 2.44. The Kier molecular flexibility index (Phi) is 7.08. The van der Waals surface area contributed by atoms with Crippen LogP contribution in [0.1, 0.15) is 64.7 Å². The van der Waals surface area contributed by atoms with E-state index in [1.165, 1.54) is 0 Å². The van der Waals surface area contributed by atoms with Crippen molar-refractivity contribution in [2.45, 2.75) is 119 Å². The first-order valence-corrected chi connectivity index (χ1v) is 13.6. The second-order valence-corrected chi connectivity index (χ2v) is 11.5. The van der Waals surface area contributed by atoms with Crippen molar-refractivity contribution in [3.8, 4) is 0 Å². The Morgan fingerprint density at radius 3 is 2.71 bits per heavy atom. The summed E-state index contributed by atoms with van der Waals surface area (Å²) in [5.74, 6) is -0.0863. The summed E-state index contributed by atoms with van der Waals surface area (Å²) >= 11 is 0. The van der Waals surface area contributed by atoms with Crippen LogP contribution in [-0.4, -0.2) is 86.8 Å². The molecule has 6 heterocycles. The molecule has 0 N–H and O–H groups in total. The Morgan fingerprint density at radius 1 is 1.00 bits per heavy atom. The number of Topliss-reactive ketones (excluding diaryl/α,β-unsaturated/α-hetero) is 1. The lowest BCUT2D eigenvalue weighted by atomic mass is 9.89. The fourth-order valence-corrected chi connectivity index (χ4v) is 6.82. The molecule has 6 saturated heterocycles. The summed E-state index contributed by atoms with van der Waals surface area (Å²) in [6, 6.07) is 0. The third kappa shape index (κ3) is 5.26. The van der Waals surface area contributed by atoms with Gasteiger partial charge in [0.25, 0.3) is 0 Å². The monoisotopic (exact) mass is 492 g/mol. The number of fused-ring (bicyclic) bond motifs is 5. The summed E-state index contributed by atoms with van der Waals surface area (Å²) in [7, 11) is 0. The molecule has 2 bridgehead atoms. The Balaban J connectivity index is 1.10. The molecule has 6 aliphatic rings. The van der Waals surface area contributed by atoms with Crippen LogP contribution < -0.4 is 0 Å². The van der Waals surface area contributed by atoms with Crippen molar-refractivity contribution >= 4 is 5.78 Å². The van der Waals surface area contributed by atoms with Crippen LogP contribution in [0, 0.1) is 5.92 Å². The van der Waals surface area contributed by atoms with Gasteiger partial charge in [-0.3, -0.25) is 4.79 Å². The normalized spacial score (nSPS) is 47.3. The molecule has 0 amide bonds. The van der Waals surface area contributed by atoms with Gasteiger partial charge in [0, 0.05) is 32.3 Å². The second-order valence-electron chi connectivity index (χ2n) is 11.5. The highest BCUT2D eigenvalue weighted by Gasteiger charge is 2.55. The Morgan fingerprint density at radius 2 is 1.91 bits per heavy atom. The Hall–Kier alpha value is -0.870. The molecule has 8 nitrogen and oxygen atoms in total. The fourth-order valence-electron chi connectivity index (χ4n) is 6.82. The number of hydrogen-bond donors (Lipinski definition) is 0. The molecule has 0 aromatic heterocycles. The van der Waals surface area contributed by atoms with Gasteiger partial charge in [-0.1, -0.05) is 6.58 Å². The van der Waals surface area contributed by atoms with E-state index >= 15 is 0 Å². The van der Waals surface area contributed by atoms with E-state index in [-0.39, 0.29) is 54.6 Å². The number of carbonyl (C=O) groups excluding carboxylic acids is 1. The van der Waals surface area contributed by atoms with Crippen LogP contribution in [0.3, 0.4) is 0 Å². The van der Waals surface area contributed by atoms with E-state index in [9.17, 15) is 4.79 Å². The van der Waals surface area contributed by atoms with E-state index in [0.717, 1.165) is 50.7 Å². The minimum atomic E-state index is -0.677. The molecule has 0 saturated carbocycles. The molecule has 3 unspecified atom stereocenters. The molecular formula is C27H40O8. The van der Waals surface area contributed by atoms with Gasteiger partial charge in [0.2, 0.25) is 0 Å². The van der Waals surface area contributed by atoms with Crippen LogP contribution >= 0.6 is 0 Å². The van der Waals surface area contributed by atoms with Crippen molar-refractivity contribution in [3.63, 3.8) is 0 Å². The minimum absolute atomic E-state index is 0.00111. The summed E-state index contributed by atoms with van der Waals surface area (Å²) in [5.41, 5.74) is 1.15. The van der Waals surface area contributed by atoms with Crippen LogP contribution in [0.25, 0.3) is 0 Å². The van der Waals surface area contributed by atoms with Gasteiger partial charge in [-0.15, -0.1) is 0 Å². The number of ether oxygens (including phenoxy) is 7. The lowest BCUT2D eigenvalue weighted by molar-refractivity contribution is -0.321. The van der Waals surface area contributed by atoms with Crippen LogP contribution in [-0.2, 0) is 38.0 Å². The summed E-state index contributed by atoms with van der Waals surface area (Å²) < 4.78 is 43.7. The topological polar surface area (TPSA) is 81.7 Å². The molecule has 10 atom stereocenters. The summed E-state index contributed by atoms with van der Waals surface area (Å²) in [5, 5.41) is 0. The van der Waals surface area contributed by atoms with E-state index in [4.69, 9.17) is 33.2 Å². The fraction of sp³-hybridized carbons (Fsp3) is 0.889. The quantitative estimate of drug-likeness (QED) is 0.502. The van der Waals surface area contributed by atoms with Crippen molar-refractivity contribution in [2.75, 3.05) is 26.4 Å². The molecule has 0 spiro atoms. The summed E-state index contributed by atoms with van der Waals surface area (Å²) in [6.07, 6.45) is 6.44. The Bertz CT molecular complexity index is 802. The van der Waals surface area contributed by atoms with Crippen molar-refractivity contribution in [1.82, 2.24) is 0 Å². The van der Waals surface area contributed by atoms with Gasteiger partial charge >= 0.3 is 0 Å². The zero-order valence-corrected chi connectivity index (χ0v) is 20.9. The molecule has 6 fully saturated rings. The molecule has 0 radical (unpaired) electrons. The van der Waals surface area contributed by atoms with E-state index in [0.29, 0.717) is 45.0 Å². The van der Waals surface area contributed by atoms with E-state index in [2.05, 4.69) is 13.5 Å². The largest absolute Gasteiger partial charge is 0.378 e. The first-order chi connectivity index (χ1) is 17.0. The van der Waals surface area contributed by atoms with Gasteiger partial charge in [-0.2, -0.15) is 0 Å². The van der Waals surface area contributed by atoms with Crippen molar-refractivity contribution in [3.05, 3.63) is 12.2 Å². The zero-order chi connectivity index (χ0) is 24.0. The molecule has 6 rings (SSSR count). The standard InChI is InChI=1S/C27H40O8/c1-16-9-20(30-13-16)5-7-27-12-22(14-32-27)33-24-15-31-23-4-3-21(34-25(23)26(24)35-27)11-19(28)10-18-6-8-29-17(18)2/h17-18,20-26H,1,3-15H2,2H3/t17-,18-,20-,21+,22+,23-,24?,25?,26?,27-/m0/s1. The lowest BCUT2D eigenvalue weighted by Gasteiger charge is -2.48. The molecule has 0 aliphatic carbocycles. The van der Waals surface area contributed by atoms with Crippen molar-refractivity contribution in [2.24, 2.45) is 5.92 Å². The van der Waals surface area contributed by atoms with E-state index in [1.54, 1.807) is 0 Å². The van der Waals surface area contributed by atoms with Crippen LogP contribution in [0.4, 0.5) is 0 Å². The van der Waals surface area contributed by atoms with Gasteiger partial charge in [0.15, 0.2) is 5.79 Å². The third-order valence-corrected chi connectivity index (χ3v) is 8.81. The highest BCUT2D eigenvalue weighted by molar-refractivity contribution is 5.79. The Labute approximate surface area is 207 Å². The van der Waals surface area contributed by atoms with Crippen molar-refractivity contribution in [1.29, 1.82) is 0 Å². The lowest BCUT2D eigenvalue weighted by Crippen LogP contribution is -2.60. The SMILES string of the molecule is C=C1CO[C@@H](CC[C@]23C[C@H](CO2)OC2CO[C@H]4CC[C@H](CC(=O)C[C@@H]5CCO[C@H]5C)OC4C2O3)C1. The molecule has 0 aromatic carbocycles. The predicted octanol–water partition coefficient (Wildman–Crippen LogP) is 3.10. The van der Waals surface area contributed by atoms with E-state index in [1.807, 2.05) is 0 Å². The van der Waals surface area contributed by atoms with E-state index < -0.39 is 5.79 Å². The average Bonchev–Trinajstić information content (AvgIpc) is 3.51. The first-order valence-electron chi connectivity index (χ1n) is 13.6. The highest BCUT2D eigenvalue weighted by atomic mass is 16.7. The number of carbonyl (C=O) groups is 1. The predicted molar refractivity (Wildman–Crippen MR) is 125 cm³/mol. The van der Waals surface area contributed by atoms with Gasteiger partial charge in [0.05, 0.1) is 50.3 Å². The first kappa shape index (κ1) is 24.5. The zero-order valence-electron chi connectivity index (χ0n) is 20.9. The maximum Gasteiger partial charge on any atom is 0.171 e. The van der Waals surface area contributed by atoms with Gasteiger partial charge in [-0.05, 0) is 50.5 Å². The molecule has 196 valence electrons. The number of ketones is 1. The summed E-state index contributed by atoms with van der Waals surface area (Å²) in [4.78, 5) is 12.8. The average molecular weight is 493 g/mol. The third-order valence-electron chi connectivity index (χ3n) is 8.81.